The first-order valence-electron chi connectivity index (χ1n) is 39.8. The SMILES string of the molecule is CCC(C)CCCCCCCCCCCCCCCCC(=O)OC[C@H](COP(=O)(O)OC[C@@H](O)COP(=O)(O)OC[C@@H](COC(=O)CCCCCCCCC(C)CC)OC(=O)CCCCCCCCCCCCC(C)CC)OC(=O)CCCCCCCCCCCCCC(C)C. The van der Waals surface area contributed by atoms with Gasteiger partial charge in [-0.25, -0.2) is 9.13 Å². The van der Waals surface area contributed by atoms with Crippen LogP contribution in [0.5, 0.6) is 0 Å². The largest absolute Gasteiger partial charge is 0.472 e. The molecular formula is C77H150O17P2. The van der Waals surface area contributed by atoms with Crippen molar-refractivity contribution >= 4 is 39.5 Å². The zero-order chi connectivity index (χ0) is 71.0. The number of esters is 4. The smallest absolute Gasteiger partial charge is 0.462 e. The molecule has 0 aliphatic rings. The Morgan fingerprint density at radius 2 is 0.500 bits per heavy atom. The fraction of sp³-hybridized carbons (Fsp3) is 0.948. The molecule has 17 nitrogen and oxygen atoms in total. The van der Waals surface area contributed by atoms with Crippen LogP contribution in [-0.4, -0.2) is 96.7 Å². The maximum atomic E-state index is 13.1. The van der Waals surface area contributed by atoms with Gasteiger partial charge in [0.1, 0.15) is 19.3 Å². The summed E-state index contributed by atoms with van der Waals surface area (Å²) in [6.45, 7) is 14.3. The highest BCUT2D eigenvalue weighted by Crippen LogP contribution is 2.45. The molecule has 0 aromatic carbocycles. The quantitative estimate of drug-likeness (QED) is 0.0222. The van der Waals surface area contributed by atoms with Crippen molar-refractivity contribution < 1.29 is 80.2 Å². The maximum absolute atomic E-state index is 13.1. The van der Waals surface area contributed by atoms with Crippen LogP contribution in [0.2, 0.25) is 0 Å². The summed E-state index contributed by atoms with van der Waals surface area (Å²) in [7, 11) is -9.92. The van der Waals surface area contributed by atoms with E-state index in [0.29, 0.717) is 25.7 Å². The lowest BCUT2D eigenvalue weighted by atomic mass is 9.99. The number of phosphoric ester groups is 2. The normalized spacial score (nSPS) is 15.0. The molecule has 96 heavy (non-hydrogen) atoms. The van der Waals surface area contributed by atoms with Gasteiger partial charge in [-0.3, -0.25) is 37.3 Å². The molecule has 0 radical (unpaired) electrons. The molecule has 0 aromatic heterocycles. The number of ether oxygens (including phenoxy) is 4. The minimum absolute atomic E-state index is 0.105. The van der Waals surface area contributed by atoms with E-state index in [1.807, 2.05) is 0 Å². The van der Waals surface area contributed by atoms with Crippen LogP contribution in [0.1, 0.15) is 389 Å². The van der Waals surface area contributed by atoms with Crippen molar-refractivity contribution in [2.45, 2.75) is 408 Å². The molecule has 3 N–H and O–H groups in total. The van der Waals surface area contributed by atoms with E-state index in [9.17, 15) is 43.2 Å². The molecule has 0 fully saturated rings. The lowest BCUT2D eigenvalue weighted by Gasteiger charge is -2.21. The molecule has 0 aromatic rings. The van der Waals surface area contributed by atoms with Gasteiger partial charge in [0, 0.05) is 25.7 Å². The summed E-state index contributed by atoms with van der Waals surface area (Å²) in [6, 6.07) is 0. The summed E-state index contributed by atoms with van der Waals surface area (Å²) in [5.74, 6) is 1.03. The number of aliphatic hydroxyl groups is 1. The molecule has 0 aliphatic carbocycles. The van der Waals surface area contributed by atoms with E-state index in [1.165, 1.54) is 186 Å². The molecule has 0 saturated heterocycles. The average Bonchev–Trinajstić information content (AvgIpc) is 1.39. The highest BCUT2D eigenvalue weighted by Gasteiger charge is 2.30. The number of rotatable bonds is 74. The number of carbonyl (C=O) groups is 4. The molecule has 0 rings (SSSR count). The Kier molecular flexibility index (Phi) is 65.0. The Balaban J connectivity index is 5.25. The predicted molar refractivity (Wildman–Crippen MR) is 391 cm³/mol. The van der Waals surface area contributed by atoms with Gasteiger partial charge in [0.25, 0.3) is 0 Å². The third-order valence-corrected chi connectivity index (χ3v) is 20.8. The predicted octanol–water partition coefficient (Wildman–Crippen LogP) is 22.4. The van der Waals surface area contributed by atoms with Gasteiger partial charge in [-0.2, -0.15) is 0 Å². The summed E-state index contributed by atoms with van der Waals surface area (Å²) in [6.07, 6.45) is 51.2. The highest BCUT2D eigenvalue weighted by molar-refractivity contribution is 7.47. The van der Waals surface area contributed by atoms with Gasteiger partial charge < -0.3 is 33.8 Å². The summed E-state index contributed by atoms with van der Waals surface area (Å²) in [5.41, 5.74) is 0. The van der Waals surface area contributed by atoms with Gasteiger partial charge in [-0.15, -0.1) is 0 Å². The Hall–Kier alpha value is -1.94. The van der Waals surface area contributed by atoms with E-state index >= 15 is 0 Å². The van der Waals surface area contributed by atoms with E-state index in [-0.39, 0.29) is 25.7 Å². The number of phosphoric acid groups is 2. The highest BCUT2D eigenvalue weighted by atomic mass is 31.2. The fourth-order valence-electron chi connectivity index (χ4n) is 11.6. The van der Waals surface area contributed by atoms with Crippen molar-refractivity contribution in [2.24, 2.45) is 23.7 Å². The zero-order valence-corrected chi connectivity index (χ0v) is 64.8. The van der Waals surface area contributed by atoms with E-state index in [1.54, 1.807) is 0 Å². The number of unbranched alkanes of at least 4 members (excludes halogenated alkanes) is 37. The van der Waals surface area contributed by atoms with E-state index < -0.39 is 97.5 Å². The summed E-state index contributed by atoms with van der Waals surface area (Å²) >= 11 is 0. The van der Waals surface area contributed by atoms with Crippen LogP contribution in [0.25, 0.3) is 0 Å². The van der Waals surface area contributed by atoms with Gasteiger partial charge >= 0.3 is 39.5 Å². The van der Waals surface area contributed by atoms with Crippen LogP contribution in [0.3, 0.4) is 0 Å². The van der Waals surface area contributed by atoms with Gasteiger partial charge in [-0.05, 0) is 49.4 Å². The lowest BCUT2D eigenvalue weighted by molar-refractivity contribution is -0.161. The third-order valence-electron chi connectivity index (χ3n) is 18.9. The topological polar surface area (TPSA) is 237 Å². The Labute approximate surface area is 588 Å². The van der Waals surface area contributed by atoms with Crippen molar-refractivity contribution in [2.75, 3.05) is 39.6 Å². The molecule has 0 aliphatic heterocycles. The van der Waals surface area contributed by atoms with Gasteiger partial charge in [-0.1, -0.05) is 338 Å². The summed E-state index contributed by atoms with van der Waals surface area (Å²) < 4.78 is 68.6. The second-order valence-electron chi connectivity index (χ2n) is 28.9. The monoisotopic (exact) mass is 1410 g/mol. The molecule has 19 heteroatoms. The first-order chi connectivity index (χ1) is 46.2. The van der Waals surface area contributed by atoms with E-state index in [0.717, 1.165) is 120 Å². The number of carbonyl (C=O) groups excluding carboxylic acids is 4. The number of aliphatic hydroxyl groups excluding tert-OH is 1. The molecule has 0 bridgehead atoms. The second-order valence-corrected chi connectivity index (χ2v) is 31.9. The van der Waals surface area contributed by atoms with Crippen molar-refractivity contribution in [1.82, 2.24) is 0 Å². The molecule has 0 spiro atoms. The van der Waals surface area contributed by atoms with E-state index in [4.69, 9.17) is 37.0 Å². The Morgan fingerprint density at radius 3 is 0.740 bits per heavy atom. The zero-order valence-electron chi connectivity index (χ0n) is 63.0. The minimum Gasteiger partial charge on any atom is -0.462 e. The van der Waals surface area contributed by atoms with Crippen molar-refractivity contribution in [3.8, 4) is 0 Å². The molecule has 570 valence electrons. The third kappa shape index (κ3) is 66.6. The van der Waals surface area contributed by atoms with Crippen LogP contribution < -0.4 is 0 Å². The molecular weight excluding hydrogens is 1260 g/mol. The molecule has 0 amide bonds. The van der Waals surface area contributed by atoms with Crippen molar-refractivity contribution in [3.05, 3.63) is 0 Å². The van der Waals surface area contributed by atoms with Crippen molar-refractivity contribution in [3.63, 3.8) is 0 Å². The lowest BCUT2D eigenvalue weighted by Crippen LogP contribution is -2.30. The molecule has 5 unspecified atom stereocenters. The summed E-state index contributed by atoms with van der Waals surface area (Å²) in [5, 5.41) is 10.6. The van der Waals surface area contributed by atoms with Gasteiger partial charge in [0.05, 0.1) is 26.4 Å². The van der Waals surface area contributed by atoms with Crippen LogP contribution in [0, 0.1) is 23.7 Å². The molecule has 0 heterocycles. The Bertz CT molecular complexity index is 1890. The molecule has 0 saturated carbocycles. The number of hydrogen-bond donors (Lipinski definition) is 3. The maximum Gasteiger partial charge on any atom is 0.472 e. The summed E-state index contributed by atoms with van der Waals surface area (Å²) in [4.78, 5) is 72.9. The second kappa shape index (κ2) is 66.3. The van der Waals surface area contributed by atoms with Crippen LogP contribution >= 0.6 is 15.6 Å². The average molecular weight is 1410 g/mol. The number of hydrogen-bond acceptors (Lipinski definition) is 15. The first kappa shape index (κ1) is 94.1. The van der Waals surface area contributed by atoms with Gasteiger partial charge in [0.15, 0.2) is 12.2 Å². The van der Waals surface area contributed by atoms with Crippen LogP contribution in [-0.2, 0) is 65.4 Å². The Morgan fingerprint density at radius 1 is 0.292 bits per heavy atom. The molecule has 8 atom stereocenters. The van der Waals surface area contributed by atoms with Gasteiger partial charge in [0.2, 0.25) is 0 Å². The van der Waals surface area contributed by atoms with E-state index in [2.05, 4.69) is 55.4 Å². The van der Waals surface area contributed by atoms with Crippen molar-refractivity contribution in [1.29, 1.82) is 0 Å². The fourth-order valence-corrected chi connectivity index (χ4v) is 13.2. The first-order valence-corrected chi connectivity index (χ1v) is 42.8. The van der Waals surface area contributed by atoms with Crippen LogP contribution in [0.15, 0.2) is 0 Å². The standard InChI is InChI=1S/C77H150O17P2/c1-9-68(6)54-46-38-30-24-18-14-12-13-15-19-26-32-41-49-57-74(79)87-63-72(93-76(81)59-51-43-33-27-20-16-17-23-29-37-45-53-67(4)5)65-91-95(83,84)89-61-71(78)62-90-96(85,86)92-66-73(64-88-75(80)58-50-42-36-35-40-48-56-70(8)11-3)94-77(82)60-52-44-34-28-22-21-25-31-39-47-55-69(7)10-2/h67-73,78H,9-66H2,1-8H3,(H,83,84)(H,85,86)/t68?,69?,70?,71-,72-,73-/m1/s1. The van der Waals surface area contributed by atoms with Crippen LogP contribution in [0.4, 0.5) is 0 Å². The minimum atomic E-state index is -4.96.